The third-order valence-corrected chi connectivity index (χ3v) is 5.38. The number of hydrogen-bond donors (Lipinski definition) is 3. The fourth-order valence-corrected chi connectivity index (χ4v) is 3.87. The fraction of sp³-hybridized carbons (Fsp3) is 0.304. The first-order chi connectivity index (χ1) is 15.1. The molecule has 1 saturated carbocycles. The van der Waals surface area contributed by atoms with Crippen LogP contribution in [0, 0.1) is 0 Å². The van der Waals surface area contributed by atoms with E-state index >= 15 is 0 Å². The Morgan fingerprint density at radius 2 is 2.00 bits per heavy atom. The predicted octanol–water partition coefficient (Wildman–Crippen LogP) is 3.20. The van der Waals surface area contributed by atoms with E-state index < -0.39 is 0 Å². The lowest BCUT2D eigenvalue weighted by atomic mass is 9.90. The molecule has 31 heavy (non-hydrogen) atoms. The summed E-state index contributed by atoms with van der Waals surface area (Å²) in [4.78, 5) is 18.3. The molecular weight excluding hydrogens is 390 g/mol. The van der Waals surface area contributed by atoms with Crippen molar-refractivity contribution < 1.29 is 4.74 Å². The number of hydrogen-bond acceptors (Lipinski definition) is 6. The van der Waals surface area contributed by atoms with Crippen LogP contribution in [0.15, 0.2) is 47.6 Å². The van der Waals surface area contributed by atoms with Crippen molar-refractivity contribution in [2.24, 2.45) is 16.5 Å². The molecule has 3 aromatic rings. The topological polar surface area (TPSA) is 124 Å². The number of ether oxygens (including phenoxy) is 1. The zero-order valence-electron chi connectivity index (χ0n) is 17.5. The van der Waals surface area contributed by atoms with Crippen molar-refractivity contribution in [2.75, 3.05) is 12.4 Å². The van der Waals surface area contributed by atoms with E-state index in [0.717, 1.165) is 53.8 Å². The highest BCUT2D eigenvalue weighted by atomic mass is 16.5. The van der Waals surface area contributed by atoms with Crippen LogP contribution in [0.4, 0.5) is 5.82 Å². The van der Waals surface area contributed by atoms with Gasteiger partial charge in [0.05, 0.1) is 30.4 Å². The normalized spacial score (nSPS) is 18.7. The molecule has 2 heterocycles. The summed E-state index contributed by atoms with van der Waals surface area (Å²) in [5.74, 6) is 2.21. The van der Waals surface area contributed by atoms with Crippen LogP contribution in [0.3, 0.4) is 0 Å². The fourth-order valence-electron chi connectivity index (χ4n) is 3.87. The van der Waals surface area contributed by atoms with Gasteiger partial charge in [-0.1, -0.05) is 18.9 Å². The van der Waals surface area contributed by atoms with Crippen molar-refractivity contribution in [2.45, 2.75) is 37.8 Å². The lowest BCUT2D eigenvalue weighted by molar-refractivity contribution is 0.405. The molecule has 1 fully saturated rings. The molecule has 0 bridgehead atoms. The Bertz CT molecular complexity index is 1090. The summed E-state index contributed by atoms with van der Waals surface area (Å²) in [5.41, 5.74) is 13.0. The van der Waals surface area contributed by atoms with E-state index in [-0.39, 0.29) is 18.0 Å². The van der Waals surface area contributed by atoms with Gasteiger partial charge in [-0.25, -0.2) is 15.0 Å². The highest BCUT2D eigenvalue weighted by molar-refractivity contribution is 5.91. The molecule has 1 aromatic carbocycles. The van der Waals surface area contributed by atoms with Crippen LogP contribution in [-0.2, 0) is 0 Å². The van der Waals surface area contributed by atoms with E-state index in [0.29, 0.717) is 5.82 Å². The van der Waals surface area contributed by atoms with Gasteiger partial charge >= 0.3 is 0 Å². The molecule has 1 aliphatic carbocycles. The van der Waals surface area contributed by atoms with Gasteiger partial charge in [-0.05, 0) is 55.3 Å². The van der Waals surface area contributed by atoms with Crippen molar-refractivity contribution in [3.05, 3.63) is 54.1 Å². The SMILES string of the molecule is COc1ccc2nc(/C=C\c3ccccn3)nc(N[C@H]3CCCC[C@H]3N=C(N)N)c2c1. The van der Waals surface area contributed by atoms with Gasteiger partial charge in [0, 0.05) is 11.6 Å². The molecule has 8 nitrogen and oxygen atoms in total. The number of guanidine groups is 1. The van der Waals surface area contributed by atoms with Gasteiger partial charge in [0.15, 0.2) is 11.8 Å². The Morgan fingerprint density at radius 3 is 2.77 bits per heavy atom. The summed E-state index contributed by atoms with van der Waals surface area (Å²) in [6.07, 6.45) is 9.66. The lowest BCUT2D eigenvalue weighted by Crippen LogP contribution is -2.38. The third-order valence-electron chi connectivity index (χ3n) is 5.38. The van der Waals surface area contributed by atoms with Crippen molar-refractivity contribution in [3.8, 4) is 5.75 Å². The first-order valence-corrected chi connectivity index (χ1v) is 10.4. The van der Waals surface area contributed by atoms with Gasteiger partial charge in [-0.3, -0.25) is 4.98 Å². The van der Waals surface area contributed by atoms with Gasteiger partial charge in [0.1, 0.15) is 11.6 Å². The minimum Gasteiger partial charge on any atom is -0.497 e. The number of nitrogens with two attached hydrogens (primary N) is 2. The lowest BCUT2D eigenvalue weighted by Gasteiger charge is -2.30. The minimum atomic E-state index is 0.0156. The van der Waals surface area contributed by atoms with Crippen molar-refractivity contribution in [1.82, 2.24) is 15.0 Å². The second-order valence-electron chi connectivity index (χ2n) is 7.56. The molecule has 0 unspecified atom stereocenters. The molecule has 0 radical (unpaired) electrons. The Balaban J connectivity index is 1.72. The largest absolute Gasteiger partial charge is 0.497 e. The summed E-state index contributed by atoms with van der Waals surface area (Å²) < 4.78 is 5.42. The molecule has 8 heteroatoms. The summed E-state index contributed by atoms with van der Waals surface area (Å²) in [6, 6.07) is 11.7. The van der Waals surface area contributed by atoms with Gasteiger partial charge in [-0.2, -0.15) is 0 Å². The number of benzene rings is 1. The first-order valence-electron chi connectivity index (χ1n) is 10.4. The maximum absolute atomic E-state index is 5.67. The Hall–Kier alpha value is -3.68. The zero-order chi connectivity index (χ0) is 21.6. The van der Waals surface area contributed by atoms with Gasteiger partial charge in [0.25, 0.3) is 0 Å². The number of nitrogens with zero attached hydrogens (tertiary/aromatic N) is 4. The molecule has 0 amide bonds. The number of aromatic nitrogens is 3. The molecule has 0 saturated heterocycles. The van der Waals surface area contributed by atoms with Gasteiger partial charge in [-0.15, -0.1) is 0 Å². The molecule has 2 atom stereocenters. The number of pyridine rings is 1. The van der Waals surface area contributed by atoms with E-state index in [1.54, 1.807) is 13.3 Å². The number of anilines is 1. The van der Waals surface area contributed by atoms with E-state index in [9.17, 15) is 0 Å². The van der Waals surface area contributed by atoms with Crippen molar-refractivity contribution in [3.63, 3.8) is 0 Å². The summed E-state index contributed by atoms with van der Waals surface area (Å²) in [7, 11) is 1.65. The average molecular weight is 418 g/mol. The summed E-state index contributed by atoms with van der Waals surface area (Å²) in [6.45, 7) is 0. The van der Waals surface area contributed by atoms with E-state index in [2.05, 4.69) is 15.3 Å². The van der Waals surface area contributed by atoms with Crippen LogP contribution in [-0.4, -0.2) is 40.1 Å². The van der Waals surface area contributed by atoms with E-state index in [1.165, 1.54) is 0 Å². The smallest absolute Gasteiger partial charge is 0.186 e. The molecule has 0 spiro atoms. The number of rotatable bonds is 6. The average Bonchev–Trinajstić information content (AvgIpc) is 2.79. The standard InChI is InChI=1S/C23H27N7O/c1-31-16-10-11-18-17(14-16)22(28-19-7-2-3-8-20(19)29-23(24)25)30-21(27-18)12-9-15-6-4-5-13-26-15/h4-6,9-14,19-20H,2-3,7-8H2,1H3,(H4,24,25,29)(H,27,28,30)/b12-9-/t19-,20+/m0/s1. The molecule has 1 aliphatic rings. The second-order valence-corrected chi connectivity index (χ2v) is 7.56. The number of methoxy groups -OCH3 is 1. The van der Waals surface area contributed by atoms with E-state index in [4.69, 9.17) is 26.2 Å². The Labute approximate surface area is 181 Å². The van der Waals surface area contributed by atoms with Gasteiger partial charge < -0.3 is 21.5 Å². The monoisotopic (exact) mass is 417 g/mol. The summed E-state index contributed by atoms with van der Waals surface area (Å²) in [5, 5.41) is 4.49. The maximum atomic E-state index is 5.67. The van der Waals surface area contributed by atoms with Crippen LogP contribution in [0.25, 0.3) is 23.1 Å². The van der Waals surface area contributed by atoms with Crippen LogP contribution in [0.2, 0.25) is 0 Å². The Kier molecular flexibility index (Phi) is 6.26. The highest BCUT2D eigenvalue weighted by Gasteiger charge is 2.26. The van der Waals surface area contributed by atoms with E-state index in [1.807, 2.05) is 48.6 Å². The number of aliphatic imine (C=N–C) groups is 1. The summed E-state index contributed by atoms with van der Waals surface area (Å²) >= 11 is 0. The van der Waals surface area contributed by atoms with Crippen LogP contribution >= 0.6 is 0 Å². The molecule has 5 N–H and O–H groups in total. The molecule has 0 aliphatic heterocycles. The first kappa shape index (κ1) is 20.6. The predicted molar refractivity (Wildman–Crippen MR) is 125 cm³/mol. The second kappa shape index (κ2) is 9.42. The minimum absolute atomic E-state index is 0.0156. The number of fused-ring (bicyclic) bond motifs is 1. The molecule has 160 valence electrons. The zero-order valence-corrected chi connectivity index (χ0v) is 17.5. The van der Waals surface area contributed by atoms with Crippen molar-refractivity contribution >= 4 is 34.8 Å². The molecule has 4 rings (SSSR count). The van der Waals surface area contributed by atoms with Crippen molar-refractivity contribution in [1.29, 1.82) is 0 Å². The third kappa shape index (κ3) is 5.09. The molecule has 2 aromatic heterocycles. The molecular formula is C23H27N7O. The highest BCUT2D eigenvalue weighted by Crippen LogP contribution is 2.29. The van der Waals surface area contributed by atoms with Crippen LogP contribution in [0.5, 0.6) is 5.75 Å². The van der Waals surface area contributed by atoms with Gasteiger partial charge in [0.2, 0.25) is 0 Å². The maximum Gasteiger partial charge on any atom is 0.186 e. The quantitative estimate of drug-likeness (QED) is 0.415. The number of nitrogens with one attached hydrogen (secondary N) is 1. The van der Waals surface area contributed by atoms with Crippen LogP contribution in [0.1, 0.15) is 37.2 Å². The van der Waals surface area contributed by atoms with Crippen LogP contribution < -0.4 is 21.5 Å². The Morgan fingerprint density at radius 1 is 1.13 bits per heavy atom.